The van der Waals surface area contributed by atoms with Gasteiger partial charge >= 0.3 is 0 Å². The minimum atomic E-state index is -0.218. The summed E-state index contributed by atoms with van der Waals surface area (Å²) >= 11 is 0. The van der Waals surface area contributed by atoms with Gasteiger partial charge in [-0.2, -0.15) is 0 Å². The summed E-state index contributed by atoms with van der Waals surface area (Å²) in [4.78, 5) is 29.6. The van der Waals surface area contributed by atoms with Crippen LogP contribution in [0.5, 0.6) is 11.6 Å². The molecule has 0 bridgehead atoms. The number of amides is 1. The smallest absolute Gasteiger partial charge is 0.255 e. The molecular formula is C21H17N5O2. The van der Waals surface area contributed by atoms with Crippen molar-refractivity contribution in [2.24, 2.45) is 0 Å². The Morgan fingerprint density at radius 1 is 0.929 bits per heavy atom. The van der Waals surface area contributed by atoms with Crippen LogP contribution < -0.4 is 10.1 Å². The van der Waals surface area contributed by atoms with Crippen LogP contribution >= 0.6 is 0 Å². The highest BCUT2D eigenvalue weighted by Crippen LogP contribution is 2.21. The van der Waals surface area contributed by atoms with Gasteiger partial charge in [-0.25, -0.2) is 15.0 Å². The molecule has 0 saturated heterocycles. The van der Waals surface area contributed by atoms with E-state index in [1.54, 1.807) is 48.8 Å². The van der Waals surface area contributed by atoms with Crippen molar-refractivity contribution in [1.82, 2.24) is 19.9 Å². The second-order valence-electron chi connectivity index (χ2n) is 6.22. The van der Waals surface area contributed by atoms with Crippen LogP contribution in [0.15, 0.2) is 61.1 Å². The summed E-state index contributed by atoms with van der Waals surface area (Å²) < 4.78 is 5.59. The van der Waals surface area contributed by atoms with Crippen molar-refractivity contribution < 1.29 is 9.53 Å². The number of nitrogens with zero attached hydrogens (tertiary/aromatic N) is 4. The number of ether oxygens (including phenoxy) is 1. The third kappa shape index (κ3) is 3.78. The van der Waals surface area contributed by atoms with Crippen LogP contribution in [0.3, 0.4) is 0 Å². The zero-order chi connectivity index (χ0) is 19.5. The molecule has 0 aliphatic rings. The largest absolute Gasteiger partial charge is 0.438 e. The van der Waals surface area contributed by atoms with Gasteiger partial charge in [0.25, 0.3) is 5.91 Å². The van der Waals surface area contributed by atoms with Crippen LogP contribution in [0.25, 0.3) is 11.0 Å². The lowest BCUT2D eigenvalue weighted by atomic mass is 10.1. The minimum Gasteiger partial charge on any atom is -0.438 e. The summed E-state index contributed by atoms with van der Waals surface area (Å²) in [7, 11) is 0. The molecule has 0 unspecified atom stereocenters. The van der Waals surface area contributed by atoms with E-state index in [0.717, 1.165) is 16.9 Å². The van der Waals surface area contributed by atoms with Gasteiger partial charge in [0.05, 0.1) is 28.6 Å². The quantitative estimate of drug-likeness (QED) is 0.581. The van der Waals surface area contributed by atoms with E-state index in [9.17, 15) is 4.79 Å². The molecular weight excluding hydrogens is 354 g/mol. The summed E-state index contributed by atoms with van der Waals surface area (Å²) in [6, 6.07) is 12.3. The van der Waals surface area contributed by atoms with Crippen molar-refractivity contribution in [1.29, 1.82) is 0 Å². The molecule has 1 amide bonds. The fourth-order valence-corrected chi connectivity index (χ4v) is 2.64. The number of anilines is 1. The second kappa shape index (κ2) is 7.40. The minimum absolute atomic E-state index is 0.218. The molecule has 4 rings (SSSR count). The molecule has 0 saturated carbocycles. The molecule has 7 heteroatoms. The topological polar surface area (TPSA) is 89.9 Å². The second-order valence-corrected chi connectivity index (χ2v) is 6.22. The molecule has 2 heterocycles. The molecule has 28 heavy (non-hydrogen) atoms. The fourth-order valence-electron chi connectivity index (χ4n) is 2.64. The van der Waals surface area contributed by atoms with E-state index in [1.807, 2.05) is 19.9 Å². The predicted octanol–water partition coefficient (Wildman–Crippen LogP) is 4.08. The summed E-state index contributed by atoms with van der Waals surface area (Å²) in [5, 5.41) is 2.87. The standard InChI is InChI=1S/C21H17N5O2/c1-13-14(2)25-19-11-15(3-8-18(19)24-13)21(27)26-16-4-6-17(7-5-16)28-20-12-22-9-10-23-20/h3-12H,1-2H3,(H,26,27). The van der Waals surface area contributed by atoms with Crippen molar-refractivity contribution in [3.05, 3.63) is 78.0 Å². The van der Waals surface area contributed by atoms with Crippen LogP contribution in [0.2, 0.25) is 0 Å². The van der Waals surface area contributed by atoms with Crippen molar-refractivity contribution in [3.8, 4) is 11.6 Å². The molecule has 0 radical (unpaired) electrons. The highest BCUT2D eigenvalue weighted by molar-refractivity contribution is 6.05. The number of benzene rings is 2. The fraction of sp³-hybridized carbons (Fsp3) is 0.0952. The number of rotatable bonds is 4. The van der Waals surface area contributed by atoms with E-state index in [1.165, 1.54) is 6.20 Å². The highest BCUT2D eigenvalue weighted by Gasteiger charge is 2.09. The van der Waals surface area contributed by atoms with Gasteiger partial charge in [0.15, 0.2) is 0 Å². The number of nitrogens with one attached hydrogen (secondary N) is 1. The maximum absolute atomic E-state index is 12.6. The van der Waals surface area contributed by atoms with Crippen LogP contribution in [0, 0.1) is 13.8 Å². The third-order valence-corrected chi connectivity index (χ3v) is 4.21. The maximum Gasteiger partial charge on any atom is 0.255 e. The van der Waals surface area contributed by atoms with Crippen molar-refractivity contribution >= 4 is 22.6 Å². The molecule has 0 aliphatic heterocycles. The number of hydrogen-bond donors (Lipinski definition) is 1. The Morgan fingerprint density at radius 3 is 2.39 bits per heavy atom. The molecule has 1 N–H and O–H groups in total. The average Bonchev–Trinajstić information content (AvgIpc) is 2.71. The van der Waals surface area contributed by atoms with Crippen molar-refractivity contribution in [2.75, 3.05) is 5.32 Å². The number of hydrogen-bond acceptors (Lipinski definition) is 6. The Hall–Kier alpha value is -3.87. The number of carbonyl (C=O) groups is 1. The number of aromatic nitrogens is 4. The zero-order valence-corrected chi connectivity index (χ0v) is 15.4. The third-order valence-electron chi connectivity index (χ3n) is 4.21. The lowest BCUT2D eigenvalue weighted by Gasteiger charge is -2.08. The Labute approximate surface area is 161 Å². The van der Waals surface area contributed by atoms with Gasteiger partial charge in [0.1, 0.15) is 5.75 Å². The van der Waals surface area contributed by atoms with Gasteiger partial charge in [-0.05, 0) is 56.3 Å². The van der Waals surface area contributed by atoms with Gasteiger partial charge in [-0.3, -0.25) is 9.78 Å². The van der Waals surface area contributed by atoms with Gasteiger partial charge in [-0.1, -0.05) is 0 Å². The van der Waals surface area contributed by atoms with E-state index < -0.39 is 0 Å². The van der Waals surface area contributed by atoms with E-state index in [0.29, 0.717) is 28.4 Å². The molecule has 0 spiro atoms. The Balaban J connectivity index is 1.48. The number of aryl methyl sites for hydroxylation is 2. The summed E-state index contributed by atoms with van der Waals surface area (Å²) in [6.07, 6.45) is 4.66. The van der Waals surface area contributed by atoms with Crippen LogP contribution in [0.4, 0.5) is 5.69 Å². The normalized spacial score (nSPS) is 10.6. The predicted molar refractivity (Wildman–Crippen MR) is 106 cm³/mol. The lowest BCUT2D eigenvalue weighted by Crippen LogP contribution is -2.12. The Morgan fingerprint density at radius 2 is 1.68 bits per heavy atom. The van der Waals surface area contributed by atoms with Crippen molar-refractivity contribution in [3.63, 3.8) is 0 Å². The Kier molecular flexibility index (Phi) is 4.63. The average molecular weight is 371 g/mol. The van der Waals surface area contributed by atoms with E-state index in [2.05, 4.69) is 25.3 Å². The van der Waals surface area contributed by atoms with Crippen LogP contribution in [-0.4, -0.2) is 25.8 Å². The highest BCUT2D eigenvalue weighted by atomic mass is 16.5. The van der Waals surface area contributed by atoms with Gasteiger partial charge in [0.2, 0.25) is 5.88 Å². The first-order chi connectivity index (χ1) is 13.6. The van der Waals surface area contributed by atoms with Crippen molar-refractivity contribution in [2.45, 2.75) is 13.8 Å². The van der Waals surface area contributed by atoms with Gasteiger partial charge in [0, 0.05) is 23.6 Å². The molecule has 0 fully saturated rings. The summed E-state index contributed by atoms with van der Waals surface area (Å²) in [6.45, 7) is 3.82. The number of fused-ring (bicyclic) bond motifs is 1. The lowest BCUT2D eigenvalue weighted by molar-refractivity contribution is 0.102. The van der Waals surface area contributed by atoms with Gasteiger partial charge < -0.3 is 10.1 Å². The SMILES string of the molecule is Cc1nc2ccc(C(=O)Nc3ccc(Oc4cnccn4)cc3)cc2nc1C. The van der Waals surface area contributed by atoms with Crippen LogP contribution in [-0.2, 0) is 0 Å². The first kappa shape index (κ1) is 17.5. The Bertz CT molecular complexity index is 1140. The van der Waals surface area contributed by atoms with Crippen LogP contribution in [0.1, 0.15) is 21.7 Å². The van der Waals surface area contributed by atoms with E-state index >= 15 is 0 Å². The maximum atomic E-state index is 12.6. The monoisotopic (exact) mass is 371 g/mol. The molecule has 7 nitrogen and oxygen atoms in total. The van der Waals surface area contributed by atoms with E-state index in [-0.39, 0.29) is 5.91 Å². The zero-order valence-electron chi connectivity index (χ0n) is 15.4. The molecule has 0 aliphatic carbocycles. The first-order valence-corrected chi connectivity index (χ1v) is 8.69. The molecule has 4 aromatic rings. The number of carbonyl (C=O) groups excluding carboxylic acids is 1. The molecule has 138 valence electrons. The summed E-state index contributed by atoms with van der Waals surface area (Å²) in [5.74, 6) is 0.789. The molecule has 2 aromatic carbocycles. The van der Waals surface area contributed by atoms with Gasteiger partial charge in [-0.15, -0.1) is 0 Å². The van der Waals surface area contributed by atoms with E-state index in [4.69, 9.17) is 4.74 Å². The first-order valence-electron chi connectivity index (χ1n) is 8.69. The molecule has 2 aromatic heterocycles. The summed E-state index contributed by atoms with van der Waals surface area (Å²) in [5.41, 5.74) is 4.37. The molecule has 0 atom stereocenters.